The van der Waals surface area contributed by atoms with Gasteiger partial charge in [0.2, 0.25) is 0 Å². The quantitative estimate of drug-likeness (QED) is 0.727. The molecule has 0 spiro atoms. The van der Waals surface area contributed by atoms with E-state index in [1.54, 1.807) is 31.8 Å². The van der Waals surface area contributed by atoms with Crippen LogP contribution in [0.5, 0.6) is 0 Å². The van der Waals surface area contributed by atoms with Crippen LogP contribution in [0.15, 0.2) is 11.6 Å². The topological polar surface area (TPSA) is 43.4 Å². The van der Waals surface area contributed by atoms with Crippen LogP contribution in [0, 0.1) is 0 Å². The summed E-state index contributed by atoms with van der Waals surface area (Å²) in [6.07, 6.45) is 1.59. The Bertz CT molecular complexity index is 237. The van der Waals surface area contributed by atoms with E-state index in [9.17, 15) is 0 Å². The molecule has 4 nitrogen and oxygen atoms in total. The number of thiazole rings is 1. The number of rotatable bonds is 6. The zero-order valence-corrected chi connectivity index (χ0v) is 9.50. The fourth-order valence-electron chi connectivity index (χ4n) is 1.19. The van der Waals surface area contributed by atoms with E-state index in [1.165, 1.54) is 0 Å². The van der Waals surface area contributed by atoms with Crippen molar-refractivity contribution in [1.29, 1.82) is 0 Å². The van der Waals surface area contributed by atoms with Crippen LogP contribution in [0.4, 0.5) is 0 Å². The maximum Gasteiger partial charge on any atom is 0.171 e. The lowest BCUT2D eigenvalue weighted by molar-refractivity contribution is -0.119. The Morgan fingerprint density at radius 2 is 2.21 bits per heavy atom. The van der Waals surface area contributed by atoms with E-state index in [1.807, 2.05) is 12.3 Å². The summed E-state index contributed by atoms with van der Waals surface area (Å²) in [6.45, 7) is 2.77. The smallest absolute Gasteiger partial charge is 0.171 e. The fraction of sp³-hybridized carbons (Fsp3) is 0.667. The molecule has 0 saturated carbocycles. The molecule has 80 valence electrons. The predicted molar refractivity (Wildman–Crippen MR) is 56.2 cm³/mol. The van der Waals surface area contributed by atoms with Crippen molar-refractivity contribution in [1.82, 2.24) is 10.3 Å². The number of nitrogens with zero attached hydrogens (tertiary/aromatic N) is 1. The lowest BCUT2D eigenvalue weighted by Crippen LogP contribution is -2.39. The molecular formula is C9H16N2O2S. The normalized spacial score (nSPS) is 13.4. The molecule has 0 fully saturated rings. The van der Waals surface area contributed by atoms with Gasteiger partial charge in [0, 0.05) is 32.3 Å². The molecule has 14 heavy (non-hydrogen) atoms. The molecule has 0 bridgehead atoms. The van der Waals surface area contributed by atoms with E-state index >= 15 is 0 Å². The maximum absolute atomic E-state index is 5.13. The number of ether oxygens (including phenoxy) is 2. The Labute approximate surface area is 88.3 Å². The van der Waals surface area contributed by atoms with Crippen LogP contribution in [0.2, 0.25) is 0 Å². The van der Waals surface area contributed by atoms with Gasteiger partial charge in [-0.3, -0.25) is 0 Å². The van der Waals surface area contributed by atoms with Gasteiger partial charge >= 0.3 is 0 Å². The van der Waals surface area contributed by atoms with Gasteiger partial charge in [0.05, 0.1) is 6.04 Å². The van der Waals surface area contributed by atoms with E-state index in [2.05, 4.69) is 10.3 Å². The van der Waals surface area contributed by atoms with Gasteiger partial charge in [-0.15, -0.1) is 11.3 Å². The Kier molecular flexibility index (Phi) is 5.03. The van der Waals surface area contributed by atoms with E-state index in [4.69, 9.17) is 9.47 Å². The molecule has 1 N–H and O–H groups in total. The number of aromatic nitrogens is 1. The third-order valence-corrected chi connectivity index (χ3v) is 2.71. The highest BCUT2D eigenvalue weighted by molar-refractivity contribution is 7.09. The highest BCUT2D eigenvalue weighted by atomic mass is 32.1. The number of hydrogen-bond donors (Lipinski definition) is 1. The lowest BCUT2D eigenvalue weighted by Gasteiger charge is -2.21. The second kappa shape index (κ2) is 6.08. The van der Waals surface area contributed by atoms with Crippen LogP contribution in [-0.2, 0) is 16.0 Å². The summed E-state index contributed by atoms with van der Waals surface area (Å²) in [5, 5.41) is 6.32. The van der Waals surface area contributed by atoms with Crippen molar-refractivity contribution < 1.29 is 9.47 Å². The summed E-state index contributed by atoms with van der Waals surface area (Å²) in [4.78, 5) is 4.17. The van der Waals surface area contributed by atoms with Crippen LogP contribution < -0.4 is 5.32 Å². The Hall–Kier alpha value is -0.490. The van der Waals surface area contributed by atoms with Gasteiger partial charge in [0.15, 0.2) is 6.29 Å². The maximum atomic E-state index is 5.13. The molecule has 0 radical (unpaired) electrons. The highest BCUT2D eigenvalue weighted by Crippen LogP contribution is 2.05. The molecule has 1 aromatic rings. The van der Waals surface area contributed by atoms with Gasteiger partial charge in [0.1, 0.15) is 5.01 Å². The third kappa shape index (κ3) is 3.34. The van der Waals surface area contributed by atoms with Gasteiger partial charge in [-0.2, -0.15) is 0 Å². The first-order valence-corrected chi connectivity index (χ1v) is 5.33. The molecule has 0 aliphatic carbocycles. The van der Waals surface area contributed by atoms with Crippen LogP contribution in [0.1, 0.15) is 11.9 Å². The van der Waals surface area contributed by atoms with Gasteiger partial charge in [0.25, 0.3) is 0 Å². The van der Waals surface area contributed by atoms with Crippen molar-refractivity contribution in [2.75, 3.05) is 14.2 Å². The molecule has 1 heterocycles. The first kappa shape index (κ1) is 11.6. The Morgan fingerprint density at radius 1 is 1.50 bits per heavy atom. The lowest BCUT2D eigenvalue weighted by atomic mass is 10.3. The summed E-state index contributed by atoms with van der Waals surface area (Å²) in [7, 11) is 3.27. The van der Waals surface area contributed by atoms with Gasteiger partial charge < -0.3 is 14.8 Å². The van der Waals surface area contributed by atoms with Gasteiger partial charge in [-0.1, -0.05) is 0 Å². The van der Waals surface area contributed by atoms with Crippen molar-refractivity contribution in [2.45, 2.75) is 25.8 Å². The van der Waals surface area contributed by atoms with Gasteiger partial charge in [-0.25, -0.2) is 4.98 Å². The summed E-state index contributed by atoms with van der Waals surface area (Å²) in [5.74, 6) is 0. The number of methoxy groups -OCH3 is 2. The summed E-state index contributed by atoms with van der Waals surface area (Å²) >= 11 is 1.64. The molecular weight excluding hydrogens is 200 g/mol. The monoisotopic (exact) mass is 216 g/mol. The highest BCUT2D eigenvalue weighted by Gasteiger charge is 2.14. The standard InChI is InChI=1S/C9H16N2O2S/c1-7(9(12-2)13-3)11-6-8-10-4-5-14-8/h4-5,7,9,11H,6H2,1-3H3. The summed E-state index contributed by atoms with van der Waals surface area (Å²) in [6, 6.07) is 0.147. The minimum absolute atomic E-state index is 0.147. The second-order valence-corrected chi connectivity index (χ2v) is 3.91. The Morgan fingerprint density at radius 3 is 2.71 bits per heavy atom. The number of nitrogens with one attached hydrogen (secondary N) is 1. The van der Waals surface area contributed by atoms with Gasteiger partial charge in [-0.05, 0) is 6.92 Å². The van der Waals surface area contributed by atoms with Crippen LogP contribution in [-0.4, -0.2) is 31.5 Å². The molecule has 0 saturated heterocycles. The van der Waals surface area contributed by atoms with Crippen LogP contribution in [0.3, 0.4) is 0 Å². The third-order valence-electron chi connectivity index (χ3n) is 1.93. The first-order valence-electron chi connectivity index (χ1n) is 4.45. The largest absolute Gasteiger partial charge is 0.354 e. The Balaban J connectivity index is 2.30. The summed E-state index contributed by atoms with van der Waals surface area (Å²) in [5.41, 5.74) is 0. The molecule has 0 aromatic carbocycles. The zero-order chi connectivity index (χ0) is 10.4. The average molecular weight is 216 g/mol. The van der Waals surface area contributed by atoms with Crippen LogP contribution in [0.25, 0.3) is 0 Å². The fourth-order valence-corrected chi connectivity index (χ4v) is 1.76. The number of hydrogen-bond acceptors (Lipinski definition) is 5. The van der Waals surface area contributed by atoms with E-state index in [0.29, 0.717) is 0 Å². The minimum atomic E-state index is -0.213. The molecule has 5 heteroatoms. The van der Waals surface area contributed by atoms with E-state index < -0.39 is 0 Å². The van der Waals surface area contributed by atoms with Crippen molar-refractivity contribution in [3.63, 3.8) is 0 Å². The van der Waals surface area contributed by atoms with Crippen molar-refractivity contribution in [2.24, 2.45) is 0 Å². The molecule has 1 aromatic heterocycles. The molecule has 1 atom stereocenters. The summed E-state index contributed by atoms with van der Waals surface area (Å²) < 4.78 is 10.3. The SMILES string of the molecule is COC(OC)C(C)NCc1nccs1. The van der Waals surface area contributed by atoms with E-state index in [0.717, 1.165) is 11.6 Å². The average Bonchev–Trinajstić information content (AvgIpc) is 2.69. The van der Waals surface area contributed by atoms with Crippen LogP contribution >= 0.6 is 11.3 Å². The molecule has 0 amide bonds. The molecule has 0 aliphatic heterocycles. The van der Waals surface area contributed by atoms with Crippen molar-refractivity contribution >= 4 is 11.3 Å². The van der Waals surface area contributed by atoms with E-state index in [-0.39, 0.29) is 12.3 Å². The van der Waals surface area contributed by atoms with Crippen molar-refractivity contribution in [3.05, 3.63) is 16.6 Å². The molecule has 1 rings (SSSR count). The van der Waals surface area contributed by atoms with Crippen molar-refractivity contribution in [3.8, 4) is 0 Å². The minimum Gasteiger partial charge on any atom is -0.354 e. The second-order valence-electron chi connectivity index (χ2n) is 2.94. The molecule has 0 aliphatic rings. The molecule has 1 unspecified atom stereocenters. The predicted octanol–water partition coefficient (Wildman–Crippen LogP) is 1.24. The zero-order valence-electron chi connectivity index (χ0n) is 8.69. The first-order chi connectivity index (χ1) is 6.77.